The highest BCUT2D eigenvalue weighted by atomic mass is 15.3. The molecule has 0 bridgehead atoms. The third-order valence-corrected chi connectivity index (χ3v) is 3.36. The van der Waals surface area contributed by atoms with Crippen molar-refractivity contribution in [3.63, 3.8) is 0 Å². The van der Waals surface area contributed by atoms with Crippen molar-refractivity contribution in [3.8, 4) is 0 Å². The number of nitrogens with zero attached hydrogens (tertiary/aromatic N) is 2. The summed E-state index contributed by atoms with van der Waals surface area (Å²) in [5, 5.41) is 4.46. The van der Waals surface area contributed by atoms with E-state index in [1.54, 1.807) is 0 Å². The third kappa shape index (κ3) is 4.13. The number of rotatable bonds is 7. The Balaban J connectivity index is 2.66. The van der Waals surface area contributed by atoms with Crippen LogP contribution in [0.3, 0.4) is 0 Å². The van der Waals surface area contributed by atoms with Gasteiger partial charge in [-0.2, -0.15) is 5.10 Å². The number of hydrogen-bond acceptors (Lipinski definition) is 3. The molecule has 1 aromatic rings. The molecular formula is C13H26N4. The maximum atomic E-state index is 5.64. The van der Waals surface area contributed by atoms with Gasteiger partial charge in [0.1, 0.15) is 0 Å². The van der Waals surface area contributed by atoms with Crippen LogP contribution in [0.2, 0.25) is 0 Å². The maximum absolute atomic E-state index is 5.64. The Kier molecular flexibility index (Phi) is 5.65. The Hall–Kier alpha value is -0.870. The molecule has 1 aromatic heterocycles. The number of hydrogen-bond donors (Lipinski definition) is 2. The van der Waals surface area contributed by atoms with E-state index in [0.29, 0.717) is 12.0 Å². The highest BCUT2D eigenvalue weighted by Gasteiger charge is 2.14. The van der Waals surface area contributed by atoms with Crippen LogP contribution in [0.15, 0.2) is 6.07 Å². The van der Waals surface area contributed by atoms with Crippen molar-refractivity contribution in [1.82, 2.24) is 15.2 Å². The Bertz CT molecular complexity index is 332. The summed E-state index contributed by atoms with van der Waals surface area (Å²) in [4.78, 5) is 0. The zero-order valence-corrected chi connectivity index (χ0v) is 11.5. The van der Waals surface area contributed by atoms with Crippen LogP contribution < -0.4 is 11.3 Å². The maximum Gasteiger partial charge on any atom is 0.0596 e. The van der Waals surface area contributed by atoms with E-state index >= 15 is 0 Å². The number of aromatic nitrogens is 2. The molecule has 0 saturated carbocycles. The fourth-order valence-corrected chi connectivity index (χ4v) is 2.15. The van der Waals surface area contributed by atoms with Crippen molar-refractivity contribution in [2.75, 3.05) is 0 Å². The quantitative estimate of drug-likeness (QED) is 0.564. The molecule has 3 N–H and O–H groups in total. The second-order valence-corrected chi connectivity index (χ2v) is 4.91. The minimum absolute atomic E-state index is 0.339. The SMILES string of the molecule is CCC(C)CC(Cc1cc(C)nn1CC)NN. The van der Waals surface area contributed by atoms with Gasteiger partial charge in [-0.3, -0.25) is 16.0 Å². The fraction of sp³-hybridized carbons (Fsp3) is 0.769. The zero-order chi connectivity index (χ0) is 12.8. The minimum atomic E-state index is 0.339. The van der Waals surface area contributed by atoms with Crippen LogP contribution in [-0.2, 0) is 13.0 Å². The van der Waals surface area contributed by atoms with E-state index in [9.17, 15) is 0 Å². The van der Waals surface area contributed by atoms with Crippen molar-refractivity contribution >= 4 is 0 Å². The Morgan fingerprint density at radius 2 is 2.18 bits per heavy atom. The number of aryl methyl sites for hydroxylation is 2. The first-order valence-electron chi connectivity index (χ1n) is 6.60. The van der Waals surface area contributed by atoms with Gasteiger partial charge in [-0.15, -0.1) is 0 Å². The topological polar surface area (TPSA) is 55.9 Å². The zero-order valence-electron chi connectivity index (χ0n) is 11.5. The summed E-state index contributed by atoms with van der Waals surface area (Å²) in [6.07, 6.45) is 3.26. The summed E-state index contributed by atoms with van der Waals surface area (Å²) in [5.41, 5.74) is 5.29. The molecule has 0 aliphatic carbocycles. The predicted octanol–water partition coefficient (Wildman–Crippen LogP) is 2.02. The molecule has 4 nitrogen and oxygen atoms in total. The van der Waals surface area contributed by atoms with Crippen molar-refractivity contribution in [2.45, 2.75) is 59.5 Å². The number of nitrogens with one attached hydrogen (secondary N) is 1. The summed E-state index contributed by atoms with van der Waals surface area (Å²) >= 11 is 0. The van der Waals surface area contributed by atoms with E-state index in [2.05, 4.69) is 42.0 Å². The lowest BCUT2D eigenvalue weighted by Gasteiger charge is -2.19. The highest BCUT2D eigenvalue weighted by molar-refractivity contribution is 5.10. The van der Waals surface area contributed by atoms with Gasteiger partial charge < -0.3 is 0 Å². The summed E-state index contributed by atoms with van der Waals surface area (Å²) < 4.78 is 2.07. The molecular weight excluding hydrogens is 212 g/mol. The molecule has 0 aliphatic heterocycles. The smallest absolute Gasteiger partial charge is 0.0596 e. The van der Waals surface area contributed by atoms with Gasteiger partial charge in [-0.05, 0) is 32.3 Å². The summed E-state index contributed by atoms with van der Waals surface area (Å²) in [6.45, 7) is 9.57. The molecule has 0 radical (unpaired) electrons. The second-order valence-electron chi connectivity index (χ2n) is 4.91. The predicted molar refractivity (Wildman–Crippen MR) is 71.5 cm³/mol. The summed E-state index contributed by atoms with van der Waals surface area (Å²) in [7, 11) is 0. The molecule has 0 spiro atoms. The van der Waals surface area contributed by atoms with E-state index in [-0.39, 0.29) is 0 Å². The van der Waals surface area contributed by atoms with E-state index in [1.807, 2.05) is 6.92 Å². The third-order valence-electron chi connectivity index (χ3n) is 3.36. The standard InChI is InChI=1S/C13H26N4/c1-5-10(3)7-12(15-14)9-13-8-11(4)16-17(13)6-2/h8,10,12,15H,5-7,9,14H2,1-4H3. The average Bonchev–Trinajstić information content (AvgIpc) is 2.68. The molecule has 1 heterocycles. The van der Waals surface area contributed by atoms with Crippen LogP contribution in [0.1, 0.15) is 45.0 Å². The Labute approximate surface area is 105 Å². The Morgan fingerprint density at radius 1 is 1.47 bits per heavy atom. The molecule has 98 valence electrons. The van der Waals surface area contributed by atoms with Gasteiger partial charge in [0.2, 0.25) is 0 Å². The van der Waals surface area contributed by atoms with Gasteiger partial charge in [0, 0.05) is 24.7 Å². The first-order chi connectivity index (χ1) is 8.10. The summed E-state index contributed by atoms with van der Waals surface area (Å²) in [5.74, 6) is 6.35. The van der Waals surface area contributed by atoms with Gasteiger partial charge in [-0.25, -0.2) is 0 Å². The molecule has 17 heavy (non-hydrogen) atoms. The summed E-state index contributed by atoms with van der Waals surface area (Å²) in [6, 6.07) is 2.50. The van der Waals surface area contributed by atoms with Crippen molar-refractivity contribution < 1.29 is 0 Å². The number of hydrazine groups is 1. The lowest BCUT2D eigenvalue weighted by Crippen LogP contribution is -2.38. The molecule has 0 amide bonds. The van der Waals surface area contributed by atoms with E-state index in [1.165, 1.54) is 12.1 Å². The van der Waals surface area contributed by atoms with Crippen molar-refractivity contribution in [3.05, 3.63) is 17.5 Å². The Morgan fingerprint density at radius 3 is 2.71 bits per heavy atom. The largest absolute Gasteiger partial charge is 0.271 e. The average molecular weight is 238 g/mol. The number of nitrogens with two attached hydrogens (primary N) is 1. The highest BCUT2D eigenvalue weighted by Crippen LogP contribution is 2.14. The molecule has 4 heteroatoms. The van der Waals surface area contributed by atoms with Gasteiger partial charge in [0.05, 0.1) is 5.69 Å². The molecule has 0 aliphatic rings. The lowest BCUT2D eigenvalue weighted by atomic mass is 9.96. The first kappa shape index (κ1) is 14.2. The first-order valence-corrected chi connectivity index (χ1v) is 6.60. The van der Waals surface area contributed by atoms with Crippen LogP contribution in [0.25, 0.3) is 0 Å². The van der Waals surface area contributed by atoms with Crippen LogP contribution >= 0.6 is 0 Å². The van der Waals surface area contributed by atoms with Gasteiger partial charge in [0.15, 0.2) is 0 Å². The van der Waals surface area contributed by atoms with Crippen LogP contribution in [-0.4, -0.2) is 15.8 Å². The van der Waals surface area contributed by atoms with Gasteiger partial charge >= 0.3 is 0 Å². The van der Waals surface area contributed by atoms with Gasteiger partial charge in [-0.1, -0.05) is 20.3 Å². The van der Waals surface area contributed by atoms with Crippen LogP contribution in [0.4, 0.5) is 0 Å². The van der Waals surface area contributed by atoms with E-state index in [4.69, 9.17) is 5.84 Å². The molecule has 0 saturated heterocycles. The minimum Gasteiger partial charge on any atom is -0.271 e. The van der Waals surface area contributed by atoms with Crippen molar-refractivity contribution in [2.24, 2.45) is 11.8 Å². The second kappa shape index (κ2) is 6.77. The van der Waals surface area contributed by atoms with E-state index < -0.39 is 0 Å². The molecule has 1 rings (SSSR count). The lowest BCUT2D eigenvalue weighted by molar-refractivity contribution is 0.389. The molecule has 2 atom stereocenters. The van der Waals surface area contributed by atoms with Crippen LogP contribution in [0, 0.1) is 12.8 Å². The van der Waals surface area contributed by atoms with Crippen LogP contribution in [0.5, 0.6) is 0 Å². The molecule has 0 aromatic carbocycles. The van der Waals surface area contributed by atoms with Gasteiger partial charge in [0.25, 0.3) is 0 Å². The van der Waals surface area contributed by atoms with Crippen molar-refractivity contribution in [1.29, 1.82) is 0 Å². The molecule has 0 fully saturated rings. The monoisotopic (exact) mass is 238 g/mol. The van der Waals surface area contributed by atoms with E-state index in [0.717, 1.165) is 25.1 Å². The fourth-order valence-electron chi connectivity index (χ4n) is 2.15. The normalized spacial score (nSPS) is 14.9. The molecule has 2 unspecified atom stereocenters.